The van der Waals surface area contributed by atoms with Gasteiger partial charge in [0, 0.05) is 28.8 Å². The monoisotopic (exact) mass is 334 g/mol. The van der Waals surface area contributed by atoms with Gasteiger partial charge in [0.05, 0.1) is 0 Å². The number of carbonyl (C=O) groups is 2. The molecule has 4 nitrogen and oxygen atoms in total. The van der Waals surface area contributed by atoms with Gasteiger partial charge in [-0.3, -0.25) is 4.79 Å². The minimum atomic E-state index is -1.70. The predicted octanol–water partition coefficient (Wildman–Crippen LogP) is 2.51. The van der Waals surface area contributed by atoms with Crippen molar-refractivity contribution in [2.45, 2.75) is 17.9 Å². The van der Waals surface area contributed by atoms with Crippen molar-refractivity contribution in [2.75, 3.05) is 5.88 Å². The van der Waals surface area contributed by atoms with E-state index in [0.29, 0.717) is 5.33 Å². The first-order valence-corrected chi connectivity index (χ1v) is 6.85. The summed E-state index contributed by atoms with van der Waals surface area (Å²) in [4.78, 5) is 22.6. The van der Waals surface area contributed by atoms with Crippen molar-refractivity contribution in [3.05, 3.63) is 34.9 Å². The number of aliphatic hydroxyl groups excluding tert-OH is 1. The fourth-order valence-corrected chi connectivity index (χ4v) is 2.04. The summed E-state index contributed by atoms with van der Waals surface area (Å²) in [5.74, 6) is -1.51. The van der Waals surface area contributed by atoms with Crippen LogP contribution in [0.2, 0.25) is 0 Å². The largest absolute Gasteiger partial charge is 0.479 e. The van der Waals surface area contributed by atoms with Crippen LogP contribution in [0.15, 0.2) is 18.2 Å². The van der Waals surface area contributed by atoms with Crippen molar-refractivity contribution in [1.82, 2.24) is 0 Å². The number of benzene rings is 1. The first-order chi connectivity index (χ1) is 8.51. The van der Waals surface area contributed by atoms with E-state index in [-0.39, 0.29) is 29.2 Å². The number of aliphatic hydroxyl groups is 1. The highest BCUT2D eigenvalue weighted by atomic mass is 79.9. The van der Waals surface area contributed by atoms with E-state index in [1.807, 2.05) is 0 Å². The number of halogens is 2. The number of hydrogen-bond donors (Lipinski definition) is 2. The summed E-state index contributed by atoms with van der Waals surface area (Å²) < 4.78 is 0. The molecular formula is C12H12BrClO4. The van der Waals surface area contributed by atoms with E-state index < -0.39 is 12.1 Å². The SMILES string of the molecule is O=C(CCCl)c1cc(CBr)ccc1C(O)C(=O)O. The Morgan fingerprint density at radius 3 is 2.56 bits per heavy atom. The maximum absolute atomic E-state index is 11.9. The van der Waals surface area contributed by atoms with E-state index in [0.717, 1.165) is 5.56 Å². The molecular weight excluding hydrogens is 323 g/mol. The summed E-state index contributed by atoms with van der Waals surface area (Å²) in [6.45, 7) is 0. The molecule has 2 N–H and O–H groups in total. The Labute approximate surface area is 118 Å². The number of Topliss-reactive ketones (excluding diaryl/α,β-unsaturated/α-hetero) is 1. The molecule has 0 heterocycles. The van der Waals surface area contributed by atoms with Gasteiger partial charge in [-0.05, 0) is 11.6 Å². The molecule has 0 aliphatic heterocycles. The van der Waals surface area contributed by atoms with E-state index in [2.05, 4.69) is 15.9 Å². The molecule has 0 amide bonds. The zero-order chi connectivity index (χ0) is 13.7. The molecule has 1 unspecified atom stereocenters. The van der Waals surface area contributed by atoms with E-state index in [1.54, 1.807) is 12.1 Å². The number of alkyl halides is 2. The van der Waals surface area contributed by atoms with Crippen LogP contribution in [0.3, 0.4) is 0 Å². The third-order valence-corrected chi connectivity index (χ3v) is 3.26. The molecule has 0 radical (unpaired) electrons. The van der Waals surface area contributed by atoms with Crippen molar-refractivity contribution in [2.24, 2.45) is 0 Å². The number of rotatable bonds is 6. The predicted molar refractivity (Wildman–Crippen MR) is 71.3 cm³/mol. The smallest absolute Gasteiger partial charge is 0.337 e. The lowest BCUT2D eigenvalue weighted by atomic mass is 9.96. The third-order valence-electron chi connectivity index (χ3n) is 2.42. The topological polar surface area (TPSA) is 74.6 Å². The van der Waals surface area contributed by atoms with Gasteiger partial charge < -0.3 is 10.2 Å². The van der Waals surface area contributed by atoms with Crippen molar-refractivity contribution >= 4 is 39.3 Å². The summed E-state index contributed by atoms with van der Waals surface area (Å²) in [5, 5.41) is 18.9. The maximum atomic E-state index is 11.9. The number of hydrogen-bond acceptors (Lipinski definition) is 3. The second-order valence-electron chi connectivity index (χ2n) is 3.66. The Bertz CT molecular complexity index is 461. The molecule has 1 aromatic carbocycles. The summed E-state index contributed by atoms with van der Waals surface area (Å²) in [5.41, 5.74) is 1.14. The van der Waals surface area contributed by atoms with Crippen molar-refractivity contribution in [3.63, 3.8) is 0 Å². The van der Waals surface area contributed by atoms with E-state index in [4.69, 9.17) is 16.7 Å². The molecule has 0 bridgehead atoms. The third kappa shape index (κ3) is 3.54. The molecule has 0 spiro atoms. The molecule has 1 aromatic rings. The van der Waals surface area contributed by atoms with Gasteiger partial charge in [-0.2, -0.15) is 0 Å². The lowest BCUT2D eigenvalue weighted by Gasteiger charge is -2.12. The first-order valence-electron chi connectivity index (χ1n) is 5.20. The molecule has 0 aliphatic carbocycles. The molecule has 0 aromatic heterocycles. The van der Waals surface area contributed by atoms with Crippen LogP contribution in [-0.2, 0) is 10.1 Å². The van der Waals surface area contributed by atoms with Crippen LogP contribution in [0.4, 0.5) is 0 Å². The molecule has 18 heavy (non-hydrogen) atoms. The van der Waals surface area contributed by atoms with Gasteiger partial charge in [-0.15, -0.1) is 11.6 Å². The molecule has 0 saturated heterocycles. The molecule has 6 heteroatoms. The van der Waals surface area contributed by atoms with Crippen LogP contribution in [0.1, 0.15) is 34.0 Å². The number of carbonyl (C=O) groups excluding carboxylic acids is 1. The normalized spacial score (nSPS) is 12.2. The van der Waals surface area contributed by atoms with Crippen LogP contribution in [0, 0.1) is 0 Å². The van der Waals surface area contributed by atoms with Crippen LogP contribution in [-0.4, -0.2) is 27.8 Å². The van der Waals surface area contributed by atoms with Gasteiger partial charge in [0.2, 0.25) is 0 Å². The van der Waals surface area contributed by atoms with Gasteiger partial charge in [0.15, 0.2) is 11.9 Å². The lowest BCUT2D eigenvalue weighted by molar-refractivity contribution is -0.146. The molecule has 1 rings (SSSR count). The van der Waals surface area contributed by atoms with E-state index >= 15 is 0 Å². The number of carboxylic acid groups (broad SMARTS) is 1. The van der Waals surface area contributed by atoms with Gasteiger partial charge in [-0.25, -0.2) is 4.79 Å². The van der Waals surface area contributed by atoms with Gasteiger partial charge in [0.1, 0.15) is 0 Å². The zero-order valence-electron chi connectivity index (χ0n) is 9.40. The highest BCUT2D eigenvalue weighted by Gasteiger charge is 2.22. The lowest BCUT2D eigenvalue weighted by Crippen LogP contribution is -2.15. The Morgan fingerprint density at radius 2 is 2.06 bits per heavy atom. The van der Waals surface area contributed by atoms with Crippen LogP contribution in [0.5, 0.6) is 0 Å². The summed E-state index contributed by atoms with van der Waals surface area (Å²) in [7, 11) is 0. The standard InChI is InChI=1S/C12H12BrClO4/c13-6-7-1-2-8(11(16)12(17)18)9(5-7)10(15)3-4-14/h1-2,5,11,16H,3-4,6H2,(H,17,18). The minimum Gasteiger partial charge on any atom is -0.479 e. The highest BCUT2D eigenvalue weighted by molar-refractivity contribution is 9.08. The van der Waals surface area contributed by atoms with Crippen LogP contribution in [0.25, 0.3) is 0 Å². The fourth-order valence-electron chi connectivity index (χ4n) is 1.52. The number of ketones is 1. The molecule has 98 valence electrons. The summed E-state index contributed by atoms with van der Waals surface area (Å²) in [6.07, 6.45) is -1.60. The van der Waals surface area contributed by atoms with Crippen LogP contribution < -0.4 is 0 Å². The summed E-state index contributed by atoms with van der Waals surface area (Å²) in [6, 6.07) is 4.69. The van der Waals surface area contributed by atoms with Gasteiger partial charge in [-0.1, -0.05) is 28.1 Å². The Morgan fingerprint density at radius 1 is 1.39 bits per heavy atom. The fraction of sp³-hybridized carbons (Fsp3) is 0.333. The average Bonchev–Trinajstić information content (AvgIpc) is 2.37. The average molecular weight is 336 g/mol. The molecule has 0 fully saturated rings. The summed E-state index contributed by atoms with van der Waals surface area (Å²) >= 11 is 8.76. The minimum absolute atomic E-state index is 0.0994. The second-order valence-corrected chi connectivity index (χ2v) is 4.60. The quantitative estimate of drug-likeness (QED) is 0.619. The molecule has 0 aliphatic rings. The zero-order valence-corrected chi connectivity index (χ0v) is 11.7. The highest BCUT2D eigenvalue weighted by Crippen LogP contribution is 2.22. The number of carboxylic acids is 1. The number of aliphatic carboxylic acids is 1. The first kappa shape index (κ1) is 15.1. The molecule has 1 atom stereocenters. The maximum Gasteiger partial charge on any atom is 0.337 e. The Balaban J connectivity index is 3.24. The van der Waals surface area contributed by atoms with E-state index in [1.165, 1.54) is 6.07 Å². The van der Waals surface area contributed by atoms with Gasteiger partial charge in [0.25, 0.3) is 0 Å². The molecule has 0 saturated carbocycles. The van der Waals surface area contributed by atoms with Crippen molar-refractivity contribution in [3.8, 4) is 0 Å². The van der Waals surface area contributed by atoms with E-state index in [9.17, 15) is 14.7 Å². The Hall–Kier alpha value is -0.910. The van der Waals surface area contributed by atoms with Gasteiger partial charge >= 0.3 is 5.97 Å². The van der Waals surface area contributed by atoms with Crippen LogP contribution >= 0.6 is 27.5 Å². The van der Waals surface area contributed by atoms with Crippen molar-refractivity contribution in [1.29, 1.82) is 0 Å². The Kier molecular flexibility index (Phi) is 5.78. The second kappa shape index (κ2) is 6.87. The van der Waals surface area contributed by atoms with Crippen molar-refractivity contribution < 1.29 is 19.8 Å².